The number of para-hydroxylation sites is 2. The van der Waals surface area contributed by atoms with Crippen LogP contribution in [-0.4, -0.2) is 60.7 Å². The van der Waals surface area contributed by atoms with Gasteiger partial charge < -0.3 is 9.80 Å². The molecule has 0 bridgehead atoms. The Bertz CT molecular complexity index is 775. The monoisotopic (exact) mass is 462 g/mol. The fraction of sp³-hybridized carbons (Fsp3) is 0.417. The van der Waals surface area contributed by atoms with E-state index in [9.17, 15) is 4.21 Å². The smallest absolute Gasteiger partial charge is 0.150 e. The van der Waals surface area contributed by atoms with Crippen molar-refractivity contribution in [3.63, 3.8) is 0 Å². The number of nitrogens with zero attached hydrogens (tertiary/aromatic N) is 3. The van der Waals surface area contributed by atoms with Crippen LogP contribution in [0, 0.1) is 0 Å². The van der Waals surface area contributed by atoms with Gasteiger partial charge in [-0.15, -0.1) is 13.2 Å². The minimum absolute atomic E-state index is 0.779. The first-order valence-electron chi connectivity index (χ1n) is 10.6. The van der Waals surface area contributed by atoms with Crippen molar-refractivity contribution >= 4 is 34.3 Å². The molecule has 2 aromatic rings. The Hall–Kier alpha value is -1.80. The number of hydrogen-bond donors (Lipinski definition) is 1. The van der Waals surface area contributed by atoms with Crippen molar-refractivity contribution in [3.8, 4) is 0 Å². The van der Waals surface area contributed by atoms with Crippen LogP contribution in [0.2, 0.25) is 0 Å². The zero-order valence-corrected chi connectivity index (χ0v) is 21.3. The minimum atomic E-state index is -1.29. The van der Waals surface area contributed by atoms with Gasteiger partial charge in [0.25, 0.3) is 0 Å². The molecule has 1 fully saturated rings. The molecule has 1 saturated heterocycles. The number of piperazine rings is 1. The zero-order valence-electron chi connectivity index (χ0n) is 19.6. The lowest BCUT2D eigenvalue weighted by atomic mass is 10.2. The highest BCUT2D eigenvalue weighted by Crippen LogP contribution is 2.28. The summed E-state index contributed by atoms with van der Waals surface area (Å²) >= 11 is 1.65. The molecular formula is C24H38N4OS2. The van der Waals surface area contributed by atoms with Crippen LogP contribution in [0.4, 0.5) is 11.4 Å². The Morgan fingerprint density at radius 3 is 2.10 bits per heavy atom. The molecule has 0 radical (unpaired) electrons. The first-order chi connectivity index (χ1) is 14.9. The van der Waals surface area contributed by atoms with Gasteiger partial charge in [0.1, 0.15) is 11.0 Å². The van der Waals surface area contributed by atoms with Crippen LogP contribution < -0.4 is 9.62 Å². The van der Waals surface area contributed by atoms with E-state index in [1.807, 2.05) is 60.9 Å². The lowest BCUT2D eigenvalue weighted by molar-refractivity contribution is 0.313. The summed E-state index contributed by atoms with van der Waals surface area (Å²) in [6, 6.07) is 16.0. The standard InChI is InChI=1S/C19H26N4OS2.C3H8.C2H4/c1-21(2)25-16-8-10-17(11-9-16)26(24)20-18-6-4-5-7-19(18)23-14-12-22(3)13-15-23;1-3-2;1-2/h4-11,20H,12-15H2,1-3H3;3H2,1-2H3;1-2H2. The summed E-state index contributed by atoms with van der Waals surface area (Å²) in [4.78, 5) is 6.60. The average Bonchev–Trinajstić information content (AvgIpc) is 2.77. The van der Waals surface area contributed by atoms with E-state index in [-0.39, 0.29) is 0 Å². The predicted molar refractivity (Wildman–Crippen MR) is 139 cm³/mol. The summed E-state index contributed by atoms with van der Waals surface area (Å²) in [7, 11) is 4.88. The van der Waals surface area contributed by atoms with Crippen molar-refractivity contribution in [3.05, 3.63) is 61.7 Å². The van der Waals surface area contributed by atoms with Crippen LogP contribution in [-0.2, 0) is 11.0 Å². The maximum absolute atomic E-state index is 12.8. The Labute approximate surface area is 196 Å². The van der Waals surface area contributed by atoms with Crippen molar-refractivity contribution in [2.75, 3.05) is 56.9 Å². The summed E-state index contributed by atoms with van der Waals surface area (Å²) in [5, 5.41) is 0. The van der Waals surface area contributed by atoms with Crippen LogP contribution in [0.5, 0.6) is 0 Å². The second-order valence-corrected chi connectivity index (χ2v) is 9.86. The van der Waals surface area contributed by atoms with Gasteiger partial charge in [-0.2, -0.15) is 0 Å². The Balaban J connectivity index is 0.000000884. The molecule has 31 heavy (non-hydrogen) atoms. The fourth-order valence-corrected chi connectivity index (χ4v) is 4.43. The normalized spacial score (nSPS) is 14.7. The number of likely N-dealkylation sites (N-methyl/N-ethyl adjacent to an activating group) is 1. The molecule has 3 rings (SSSR count). The third-order valence-corrected chi connectivity index (χ3v) is 6.23. The Kier molecular flexibility index (Phi) is 13.2. The van der Waals surface area contributed by atoms with Gasteiger partial charge >= 0.3 is 0 Å². The SMILES string of the molecule is C=C.CCC.CN1CCN(c2ccccc2NS(=O)c2ccc(SN(C)C)cc2)CC1. The van der Waals surface area contributed by atoms with Gasteiger partial charge in [-0.3, -0.25) is 9.03 Å². The van der Waals surface area contributed by atoms with E-state index in [2.05, 4.69) is 54.6 Å². The quantitative estimate of drug-likeness (QED) is 0.462. The number of rotatable bonds is 6. The second kappa shape index (κ2) is 15.1. The highest BCUT2D eigenvalue weighted by Gasteiger charge is 2.17. The molecule has 1 aliphatic heterocycles. The van der Waals surface area contributed by atoms with Crippen LogP contribution in [0.15, 0.2) is 71.5 Å². The molecule has 2 aromatic carbocycles. The third kappa shape index (κ3) is 9.47. The number of nitrogens with one attached hydrogen (secondary N) is 1. The molecule has 1 aliphatic rings. The van der Waals surface area contributed by atoms with Gasteiger partial charge in [-0.1, -0.05) is 32.4 Å². The zero-order chi connectivity index (χ0) is 23.2. The minimum Gasteiger partial charge on any atom is -0.367 e. The summed E-state index contributed by atoms with van der Waals surface area (Å²) in [5.41, 5.74) is 2.04. The molecule has 0 aliphatic carbocycles. The Morgan fingerprint density at radius 2 is 1.55 bits per heavy atom. The van der Waals surface area contributed by atoms with Crippen molar-refractivity contribution in [1.82, 2.24) is 9.21 Å². The molecular weight excluding hydrogens is 424 g/mol. The molecule has 172 valence electrons. The summed E-state index contributed by atoms with van der Waals surface area (Å²) in [5.74, 6) is 0. The summed E-state index contributed by atoms with van der Waals surface area (Å²) in [6.07, 6.45) is 1.25. The maximum Gasteiger partial charge on any atom is 0.150 e. The molecule has 1 heterocycles. The van der Waals surface area contributed by atoms with Crippen molar-refractivity contribution in [1.29, 1.82) is 0 Å². The summed E-state index contributed by atoms with van der Waals surface area (Å²) in [6.45, 7) is 14.3. The largest absolute Gasteiger partial charge is 0.367 e. The predicted octanol–water partition coefficient (Wildman–Crippen LogP) is 5.36. The highest BCUT2D eigenvalue weighted by molar-refractivity contribution is 7.97. The highest BCUT2D eigenvalue weighted by atomic mass is 32.2. The first-order valence-corrected chi connectivity index (χ1v) is 12.5. The number of hydrogen-bond acceptors (Lipinski definition) is 5. The van der Waals surface area contributed by atoms with Gasteiger partial charge in [0, 0.05) is 31.1 Å². The van der Waals surface area contributed by atoms with Gasteiger partial charge in [0.05, 0.1) is 16.3 Å². The van der Waals surface area contributed by atoms with E-state index in [1.165, 1.54) is 6.42 Å². The van der Waals surface area contributed by atoms with Crippen molar-refractivity contribution in [2.45, 2.75) is 30.1 Å². The lowest BCUT2D eigenvalue weighted by Gasteiger charge is -2.35. The van der Waals surface area contributed by atoms with Gasteiger partial charge in [-0.05, 0) is 69.5 Å². The molecule has 0 saturated carbocycles. The molecule has 0 spiro atoms. The molecule has 1 unspecified atom stereocenters. The molecule has 1 N–H and O–H groups in total. The maximum atomic E-state index is 12.8. The van der Waals surface area contributed by atoms with E-state index in [0.717, 1.165) is 47.3 Å². The van der Waals surface area contributed by atoms with Crippen LogP contribution >= 0.6 is 11.9 Å². The number of anilines is 2. The van der Waals surface area contributed by atoms with Crippen LogP contribution in [0.3, 0.4) is 0 Å². The lowest BCUT2D eigenvalue weighted by Crippen LogP contribution is -2.44. The Morgan fingerprint density at radius 1 is 1.00 bits per heavy atom. The van der Waals surface area contributed by atoms with Crippen molar-refractivity contribution < 1.29 is 4.21 Å². The van der Waals surface area contributed by atoms with Crippen molar-refractivity contribution in [2.24, 2.45) is 0 Å². The molecule has 0 amide bonds. The van der Waals surface area contributed by atoms with E-state index in [1.54, 1.807) is 11.9 Å². The molecule has 1 atom stereocenters. The number of benzene rings is 2. The fourth-order valence-electron chi connectivity index (χ4n) is 2.88. The van der Waals surface area contributed by atoms with Gasteiger partial charge in [0.2, 0.25) is 0 Å². The van der Waals surface area contributed by atoms with E-state index >= 15 is 0 Å². The van der Waals surface area contributed by atoms with E-state index < -0.39 is 11.0 Å². The van der Waals surface area contributed by atoms with E-state index in [0.29, 0.717) is 0 Å². The van der Waals surface area contributed by atoms with Crippen LogP contribution in [0.1, 0.15) is 20.3 Å². The van der Waals surface area contributed by atoms with Gasteiger partial charge in [0.15, 0.2) is 0 Å². The average molecular weight is 463 g/mol. The van der Waals surface area contributed by atoms with Crippen LogP contribution in [0.25, 0.3) is 0 Å². The van der Waals surface area contributed by atoms with Gasteiger partial charge in [-0.25, -0.2) is 4.21 Å². The molecule has 5 nitrogen and oxygen atoms in total. The molecule has 7 heteroatoms. The third-order valence-electron chi connectivity index (χ3n) is 4.28. The second-order valence-electron chi connectivity index (χ2n) is 7.26. The van der Waals surface area contributed by atoms with E-state index in [4.69, 9.17) is 0 Å². The topological polar surface area (TPSA) is 38.8 Å². The first kappa shape index (κ1) is 27.2. The summed E-state index contributed by atoms with van der Waals surface area (Å²) < 4.78 is 18.0. The molecule has 0 aromatic heterocycles.